The minimum atomic E-state index is -4.49. The molecule has 8 heteroatoms. The van der Waals surface area contributed by atoms with Crippen LogP contribution in [0.15, 0.2) is 65.5 Å². The molecule has 1 amide bonds. The van der Waals surface area contributed by atoms with Crippen LogP contribution in [0.25, 0.3) is 11.3 Å². The molecule has 138 valence electrons. The van der Waals surface area contributed by atoms with E-state index >= 15 is 0 Å². The number of carbonyl (C=O) groups is 1. The van der Waals surface area contributed by atoms with Crippen molar-refractivity contribution in [2.24, 2.45) is 0 Å². The number of rotatable bonds is 3. The Hall–Kier alpha value is -3.55. The Morgan fingerprint density at radius 1 is 1.00 bits per heavy atom. The average Bonchev–Trinajstić information content (AvgIpc) is 2.61. The van der Waals surface area contributed by atoms with Gasteiger partial charge in [-0.2, -0.15) is 13.2 Å². The maximum absolute atomic E-state index is 12.6. The van der Waals surface area contributed by atoms with Gasteiger partial charge in [-0.25, -0.2) is 0 Å². The number of aromatic hydroxyl groups is 1. The van der Waals surface area contributed by atoms with Crippen molar-refractivity contribution in [2.45, 2.75) is 6.18 Å². The van der Waals surface area contributed by atoms with Crippen LogP contribution >= 0.6 is 0 Å². The van der Waals surface area contributed by atoms with Gasteiger partial charge in [0.2, 0.25) is 0 Å². The van der Waals surface area contributed by atoms with Gasteiger partial charge in [-0.1, -0.05) is 30.3 Å². The third-order valence-electron chi connectivity index (χ3n) is 3.79. The first-order valence-corrected chi connectivity index (χ1v) is 7.76. The summed E-state index contributed by atoms with van der Waals surface area (Å²) in [4.78, 5) is 27.0. The quantitative estimate of drug-likeness (QED) is 0.648. The minimum Gasteiger partial charge on any atom is -0.507 e. The van der Waals surface area contributed by atoms with E-state index in [0.29, 0.717) is 11.3 Å². The number of nitrogens with one attached hydrogen (secondary N) is 2. The van der Waals surface area contributed by atoms with Crippen LogP contribution in [0.4, 0.5) is 18.9 Å². The first-order chi connectivity index (χ1) is 12.8. The Morgan fingerprint density at radius 3 is 2.19 bits per heavy atom. The highest BCUT2D eigenvalue weighted by Crippen LogP contribution is 2.30. The van der Waals surface area contributed by atoms with Gasteiger partial charge in [-0.05, 0) is 29.8 Å². The predicted octanol–water partition coefficient (Wildman–Crippen LogP) is 4.02. The molecular weight excluding hydrogens is 361 g/mol. The van der Waals surface area contributed by atoms with E-state index in [1.165, 1.54) is 6.07 Å². The van der Waals surface area contributed by atoms with E-state index < -0.39 is 34.5 Å². The molecule has 0 radical (unpaired) electrons. The predicted molar refractivity (Wildman–Crippen MR) is 93.6 cm³/mol. The van der Waals surface area contributed by atoms with E-state index in [4.69, 9.17) is 0 Å². The summed E-state index contributed by atoms with van der Waals surface area (Å²) in [5.41, 5.74) is -1.20. The highest BCUT2D eigenvalue weighted by molar-refractivity contribution is 6.06. The van der Waals surface area contributed by atoms with E-state index in [-0.39, 0.29) is 5.69 Å². The number of alkyl halides is 3. The molecule has 0 atom stereocenters. The van der Waals surface area contributed by atoms with Gasteiger partial charge in [0.1, 0.15) is 11.3 Å². The first-order valence-electron chi connectivity index (χ1n) is 7.76. The fourth-order valence-electron chi connectivity index (χ4n) is 2.47. The largest absolute Gasteiger partial charge is 0.507 e. The summed E-state index contributed by atoms with van der Waals surface area (Å²) in [7, 11) is 0. The molecule has 3 aromatic rings. The van der Waals surface area contributed by atoms with Crippen molar-refractivity contribution >= 4 is 11.6 Å². The van der Waals surface area contributed by atoms with Crippen LogP contribution in [-0.2, 0) is 6.18 Å². The number of carbonyl (C=O) groups excluding carboxylic acids is 1. The summed E-state index contributed by atoms with van der Waals surface area (Å²) in [6.07, 6.45) is -4.49. The number of halogens is 3. The minimum absolute atomic E-state index is 0.0546. The van der Waals surface area contributed by atoms with Crippen LogP contribution in [0.3, 0.4) is 0 Å². The maximum atomic E-state index is 12.6. The number of pyridine rings is 1. The number of amides is 1. The molecule has 0 fully saturated rings. The molecule has 5 nitrogen and oxygen atoms in total. The van der Waals surface area contributed by atoms with Gasteiger partial charge in [-0.3, -0.25) is 9.59 Å². The second-order valence-corrected chi connectivity index (χ2v) is 5.67. The number of H-pyrrole nitrogens is 1. The number of aromatic amines is 1. The van der Waals surface area contributed by atoms with Crippen LogP contribution in [0.5, 0.6) is 5.75 Å². The van der Waals surface area contributed by atoms with Crippen LogP contribution in [-0.4, -0.2) is 16.0 Å². The van der Waals surface area contributed by atoms with Gasteiger partial charge < -0.3 is 15.4 Å². The van der Waals surface area contributed by atoms with Crippen molar-refractivity contribution in [3.8, 4) is 17.0 Å². The highest BCUT2D eigenvalue weighted by Gasteiger charge is 2.30. The molecule has 0 aliphatic heterocycles. The smallest absolute Gasteiger partial charge is 0.416 e. The molecule has 0 aliphatic rings. The Morgan fingerprint density at radius 2 is 1.63 bits per heavy atom. The van der Waals surface area contributed by atoms with Gasteiger partial charge in [-0.15, -0.1) is 0 Å². The Bertz CT molecular complexity index is 1030. The summed E-state index contributed by atoms with van der Waals surface area (Å²) >= 11 is 0. The maximum Gasteiger partial charge on any atom is 0.416 e. The zero-order chi connectivity index (χ0) is 19.6. The SMILES string of the molecule is O=C(Nc1ccc(C(F)(F)F)cc1)c1c(O)cc(-c2ccccc2)[nH]c1=O. The zero-order valence-corrected chi connectivity index (χ0v) is 13.7. The number of hydrogen-bond acceptors (Lipinski definition) is 3. The highest BCUT2D eigenvalue weighted by atomic mass is 19.4. The third kappa shape index (κ3) is 4.00. The van der Waals surface area contributed by atoms with Crippen LogP contribution in [0, 0.1) is 0 Å². The van der Waals surface area contributed by atoms with Crippen molar-refractivity contribution in [3.05, 3.63) is 82.1 Å². The molecule has 1 aromatic heterocycles. The number of hydrogen-bond donors (Lipinski definition) is 3. The molecule has 3 rings (SSSR count). The standard InChI is InChI=1S/C19H13F3N2O3/c20-19(21,22)12-6-8-13(9-7-12)23-17(26)16-15(25)10-14(24-18(16)27)11-4-2-1-3-5-11/h1-10H,(H,23,26)(H2,24,25,27). The molecule has 0 saturated heterocycles. The van der Waals surface area contributed by atoms with E-state index in [0.717, 1.165) is 24.3 Å². The summed E-state index contributed by atoms with van der Waals surface area (Å²) in [6.45, 7) is 0. The Labute approximate surface area is 151 Å². The fourth-order valence-corrected chi connectivity index (χ4v) is 2.47. The molecule has 0 bridgehead atoms. The van der Waals surface area contributed by atoms with Crippen molar-refractivity contribution in [1.82, 2.24) is 4.98 Å². The van der Waals surface area contributed by atoms with Gasteiger partial charge in [0, 0.05) is 11.8 Å². The molecule has 0 aliphatic carbocycles. The normalized spacial score (nSPS) is 11.2. The summed E-state index contributed by atoms with van der Waals surface area (Å²) in [5.74, 6) is -1.48. The molecule has 0 unspecified atom stereocenters. The second-order valence-electron chi connectivity index (χ2n) is 5.67. The molecule has 3 N–H and O–H groups in total. The van der Waals surface area contributed by atoms with E-state index in [2.05, 4.69) is 10.3 Å². The Balaban J connectivity index is 1.86. The van der Waals surface area contributed by atoms with Crippen LogP contribution in [0.2, 0.25) is 0 Å². The van der Waals surface area contributed by atoms with Crippen LogP contribution < -0.4 is 10.9 Å². The third-order valence-corrected chi connectivity index (χ3v) is 3.79. The summed E-state index contributed by atoms with van der Waals surface area (Å²) in [6, 6.07) is 13.7. The fraction of sp³-hybridized carbons (Fsp3) is 0.0526. The Kier molecular flexibility index (Phi) is 4.72. The van der Waals surface area contributed by atoms with Gasteiger partial charge >= 0.3 is 6.18 Å². The van der Waals surface area contributed by atoms with Gasteiger partial charge in [0.05, 0.1) is 11.3 Å². The summed E-state index contributed by atoms with van der Waals surface area (Å²) in [5, 5.41) is 12.4. The van der Waals surface area contributed by atoms with Crippen molar-refractivity contribution in [3.63, 3.8) is 0 Å². The molecule has 0 spiro atoms. The lowest BCUT2D eigenvalue weighted by Gasteiger charge is -2.10. The monoisotopic (exact) mass is 374 g/mol. The van der Waals surface area contributed by atoms with Crippen molar-refractivity contribution in [1.29, 1.82) is 0 Å². The zero-order valence-electron chi connectivity index (χ0n) is 13.7. The number of anilines is 1. The molecule has 0 saturated carbocycles. The van der Waals surface area contributed by atoms with Gasteiger partial charge in [0.15, 0.2) is 0 Å². The molecular formula is C19H13F3N2O3. The van der Waals surface area contributed by atoms with E-state index in [1.54, 1.807) is 30.3 Å². The van der Waals surface area contributed by atoms with E-state index in [9.17, 15) is 27.9 Å². The van der Waals surface area contributed by atoms with Gasteiger partial charge in [0.25, 0.3) is 11.5 Å². The van der Waals surface area contributed by atoms with Crippen LogP contribution in [0.1, 0.15) is 15.9 Å². The number of aromatic nitrogens is 1. The van der Waals surface area contributed by atoms with E-state index in [1.807, 2.05) is 0 Å². The lowest BCUT2D eigenvalue weighted by Crippen LogP contribution is -2.23. The summed E-state index contributed by atoms with van der Waals surface area (Å²) < 4.78 is 37.7. The first kappa shape index (κ1) is 18.2. The molecule has 27 heavy (non-hydrogen) atoms. The molecule has 1 heterocycles. The average molecular weight is 374 g/mol. The lowest BCUT2D eigenvalue weighted by atomic mass is 10.1. The second kappa shape index (κ2) is 6.99. The lowest BCUT2D eigenvalue weighted by molar-refractivity contribution is -0.137. The number of benzene rings is 2. The topological polar surface area (TPSA) is 82.2 Å². The van der Waals surface area contributed by atoms with Crippen molar-refractivity contribution in [2.75, 3.05) is 5.32 Å². The van der Waals surface area contributed by atoms with Crippen molar-refractivity contribution < 1.29 is 23.1 Å². The molecule has 2 aromatic carbocycles.